The molecule has 19 heavy (non-hydrogen) atoms. The molecule has 0 unspecified atom stereocenters. The van der Waals surface area contributed by atoms with Crippen molar-refractivity contribution in [3.8, 4) is 0 Å². The number of alkyl halides is 7. The standard InChI is InChI=1S/C9H4F9N/c10-4-1-3(2-5(11)6(4)19)7(12,13)8(14,15)9(16,17)18/h1-2H,19H2. The van der Waals surface area contributed by atoms with Gasteiger partial charge in [-0.3, -0.25) is 0 Å². The number of nitrogens with two attached hydrogens (primary N) is 1. The Kier molecular flexibility index (Phi) is 3.42. The molecular weight excluding hydrogens is 293 g/mol. The number of nitrogen functional groups attached to an aromatic ring is 1. The fraction of sp³-hybridized carbons (Fsp3) is 0.333. The lowest BCUT2D eigenvalue weighted by atomic mass is 10.0. The summed E-state index contributed by atoms with van der Waals surface area (Å²) in [6.45, 7) is 0. The quantitative estimate of drug-likeness (QED) is 0.651. The molecule has 0 saturated carbocycles. The third-order valence-corrected chi connectivity index (χ3v) is 2.19. The van der Waals surface area contributed by atoms with Gasteiger partial charge in [-0.1, -0.05) is 0 Å². The molecule has 1 aromatic carbocycles. The number of halogens is 9. The van der Waals surface area contributed by atoms with E-state index in [2.05, 4.69) is 5.73 Å². The first kappa shape index (κ1) is 15.4. The number of hydrogen-bond donors (Lipinski definition) is 1. The van der Waals surface area contributed by atoms with Gasteiger partial charge in [0.05, 0.1) is 0 Å². The van der Waals surface area contributed by atoms with Crippen LogP contribution in [0.4, 0.5) is 45.2 Å². The van der Waals surface area contributed by atoms with Gasteiger partial charge in [0.15, 0.2) is 0 Å². The van der Waals surface area contributed by atoms with Gasteiger partial charge in [-0.25, -0.2) is 8.78 Å². The minimum absolute atomic E-state index is 0.377. The Morgan fingerprint density at radius 2 is 1.16 bits per heavy atom. The monoisotopic (exact) mass is 297 g/mol. The molecule has 0 spiro atoms. The summed E-state index contributed by atoms with van der Waals surface area (Å²) < 4.78 is 113. The van der Waals surface area contributed by atoms with E-state index in [1.165, 1.54) is 0 Å². The van der Waals surface area contributed by atoms with Crippen molar-refractivity contribution in [3.05, 3.63) is 29.3 Å². The van der Waals surface area contributed by atoms with Gasteiger partial charge in [0.1, 0.15) is 17.3 Å². The highest BCUT2D eigenvalue weighted by Gasteiger charge is 2.73. The van der Waals surface area contributed by atoms with Crippen molar-refractivity contribution in [1.29, 1.82) is 0 Å². The lowest BCUT2D eigenvalue weighted by Crippen LogP contribution is -2.50. The van der Waals surface area contributed by atoms with E-state index in [1.807, 2.05) is 0 Å². The van der Waals surface area contributed by atoms with E-state index in [4.69, 9.17) is 0 Å². The molecular formula is C9H4F9N. The molecule has 0 atom stereocenters. The zero-order valence-corrected chi connectivity index (χ0v) is 8.63. The zero-order valence-electron chi connectivity index (χ0n) is 8.63. The Morgan fingerprint density at radius 3 is 1.47 bits per heavy atom. The maximum absolute atomic E-state index is 13.1. The first-order valence-electron chi connectivity index (χ1n) is 4.39. The summed E-state index contributed by atoms with van der Waals surface area (Å²) in [6.07, 6.45) is -6.59. The SMILES string of the molecule is Nc1c(F)cc(C(F)(F)C(F)(F)C(F)(F)F)cc1F. The summed E-state index contributed by atoms with van der Waals surface area (Å²) in [4.78, 5) is 0. The van der Waals surface area contributed by atoms with E-state index in [9.17, 15) is 39.5 Å². The zero-order chi connectivity index (χ0) is 15.2. The Hall–Kier alpha value is -1.61. The lowest BCUT2D eigenvalue weighted by molar-refractivity contribution is -0.359. The second-order valence-corrected chi connectivity index (χ2v) is 3.50. The highest BCUT2D eigenvalue weighted by Crippen LogP contribution is 2.52. The first-order valence-corrected chi connectivity index (χ1v) is 4.39. The molecule has 0 amide bonds. The molecule has 0 aliphatic heterocycles. The Balaban J connectivity index is 3.44. The van der Waals surface area contributed by atoms with Gasteiger partial charge in [-0.2, -0.15) is 30.7 Å². The molecule has 0 saturated heterocycles. The van der Waals surface area contributed by atoms with Crippen LogP contribution in [-0.2, 0) is 5.92 Å². The highest BCUT2D eigenvalue weighted by molar-refractivity contribution is 5.44. The highest BCUT2D eigenvalue weighted by atomic mass is 19.4. The second kappa shape index (κ2) is 4.20. The molecule has 108 valence electrons. The smallest absolute Gasteiger partial charge is 0.394 e. The Bertz CT molecular complexity index is 468. The van der Waals surface area contributed by atoms with Crippen LogP contribution in [0.2, 0.25) is 0 Å². The topological polar surface area (TPSA) is 26.0 Å². The summed E-state index contributed by atoms with van der Waals surface area (Å²) in [5.74, 6) is -16.1. The summed E-state index contributed by atoms with van der Waals surface area (Å²) >= 11 is 0. The van der Waals surface area contributed by atoms with Gasteiger partial charge in [-0.05, 0) is 12.1 Å². The van der Waals surface area contributed by atoms with Crippen molar-refractivity contribution in [2.24, 2.45) is 0 Å². The van der Waals surface area contributed by atoms with Crippen LogP contribution < -0.4 is 5.73 Å². The molecule has 10 heteroatoms. The number of benzene rings is 1. The summed E-state index contributed by atoms with van der Waals surface area (Å²) in [7, 11) is 0. The van der Waals surface area contributed by atoms with Gasteiger partial charge in [0, 0.05) is 5.56 Å². The third kappa shape index (κ3) is 2.30. The van der Waals surface area contributed by atoms with E-state index in [0.717, 1.165) is 0 Å². The minimum atomic E-state index is -6.59. The van der Waals surface area contributed by atoms with Crippen LogP contribution in [0.5, 0.6) is 0 Å². The predicted molar refractivity (Wildman–Crippen MR) is 45.7 cm³/mol. The van der Waals surface area contributed by atoms with Crippen LogP contribution in [0.1, 0.15) is 5.56 Å². The second-order valence-electron chi connectivity index (χ2n) is 3.50. The van der Waals surface area contributed by atoms with Crippen LogP contribution >= 0.6 is 0 Å². The minimum Gasteiger partial charge on any atom is -0.394 e. The average molecular weight is 297 g/mol. The maximum atomic E-state index is 13.1. The van der Waals surface area contributed by atoms with Crippen LogP contribution in [-0.4, -0.2) is 12.1 Å². The van der Waals surface area contributed by atoms with Crippen molar-refractivity contribution in [3.63, 3.8) is 0 Å². The summed E-state index contributed by atoms with van der Waals surface area (Å²) in [5, 5.41) is 0. The van der Waals surface area contributed by atoms with Gasteiger partial charge in [-0.15, -0.1) is 0 Å². The first-order chi connectivity index (χ1) is 8.32. The molecule has 1 aromatic rings. The summed E-state index contributed by atoms with van der Waals surface area (Å²) in [6, 6.07) is -0.754. The van der Waals surface area contributed by atoms with Crippen molar-refractivity contribution in [2.75, 3.05) is 5.73 Å². The molecule has 1 nitrogen and oxygen atoms in total. The van der Waals surface area contributed by atoms with Gasteiger partial charge < -0.3 is 5.73 Å². The fourth-order valence-corrected chi connectivity index (χ4v) is 1.12. The lowest BCUT2D eigenvalue weighted by Gasteiger charge is -2.28. The average Bonchev–Trinajstić information content (AvgIpc) is 2.23. The maximum Gasteiger partial charge on any atom is 0.460 e. The molecule has 0 aromatic heterocycles. The summed E-state index contributed by atoms with van der Waals surface area (Å²) in [5.41, 5.74) is 1.25. The van der Waals surface area contributed by atoms with Gasteiger partial charge in [0.2, 0.25) is 0 Å². The van der Waals surface area contributed by atoms with E-state index < -0.39 is 40.9 Å². The Labute approximate surface area is 99.4 Å². The normalized spacial score (nSPS) is 13.7. The van der Waals surface area contributed by atoms with Crippen LogP contribution in [0.25, 0.3) is 0 Å². The van der Waals surface area contributed by atoms with Crippen molar-refractivity contribution in [2.45, 2.75) is 18.0 Å². The molecule has 2 N–H and O–H groups in total. The van der Waals surface area contributed by atoms with Crippen LogP contribution in [0.3, 0.4) is 0 Å². The largest absolute Gasteiger partial charge is 0.460 e. The van der Waals surface area contributed by atoms with Crippen LogP contribution in [0.15, 0.2) is 12.1 Å². The molecule has 0 bridgehead atoms. The number of hydrogen-bond acceptors (Lipinski definition) is 1. The van der Waals surface area contributed by atoms with Gasteiger partial charge >= 0.3 is 18.0 Å². The van der Waals surface area contributed by atoms with Crippen LogP contribution in [0, 0.1) is 11.6 Å². The predicted octanol–water partition coefficient (Wildman–Crippen LogP) is 3.84. The van der Waals surface area contributed by atoms with Gasteiger partial charge in [0.25, 0.3) is 0 Å². The molecule has 0 heterocycles. The molecule has 0 aliphatic rings. The van der Waals surface area contributed by atoms with E-state index in [-0.39, 0.29) is 12.1 Å². The molecule has 0 radical (unpaired) electrons. The fourth-order valence-electron chi connectivity index (χ4n) is 1.12. The van der Waals surface area contributed by atoms with E-state index >= 15 is 0 Å². The molecule has 0 fully saturated rings. The van der Waals surface area contributed by atoms with Crippen molar-refractivity contribution >= 4 is 5.69 Å². The third-order valence-electron chi connectivity index (χ3n) is 2.19. The number of anilines is 1. The van der Waals surface area contributed by atoms with E-state index in [0.29, 0.717) is 0 Å². The van der Waals surface area contributed by atoms with E-state index in [1.54, 1.807) is 0 Å². The molecule has 1 rings (SSSR count). The molecule has 0 aliphatic carbocycles. The number of rotatable bonds is 2. The Morgan fingerprint density at radius 1 is 0.789 bits per heavy atom. The van der Waals surface area contributed by atoms with Crippen molar-refractivity contribution < 1.29 is 39.5 Å². The van der Waals surface area contributed by atoms with Crippen molar-refractivity contribution in [1.82, 2.24) is 0 Å².